The number of hydrogen-bond acceptors (Lipinski definition) is 3. The van der Waals surface area contributed by atoms with E-state index in [0.29, 0.717) is 5.56 Å². The Morgan fingerprint density at radius 3 is 2.52 bits per heavy atom. The molecule has 0 saturated heterocycles. The molecule has 2 rings (SSSR count). The maximum absolute atomic E-state index is 12.2. The van der Waals surface area contributed by atoms with Gasteiger partial charge in [0.05, 0.1) is 5.56 Å². The molecule has 0 atom stereocenters. The standard InChI is InChI=1S/C13H5Cl2F3N2O/c14-11-5-9(10(6-19)12(15)20-11)7-2-1-3-8(4-7)21-13(16,17)18/h1-5H. The maximum Gasteiger partial charge on any atom is 0.573 e. The zero-order chi connectivity index (χ0) is 15.6. The molecule has 0 bridgehead atoms. The van der Waals surface area contributed by atoms with Crippen LogP contribution in [0.4, 0.5) is 13.2 Å². The molecule has 0 aliphatic carbocycles. The number of pyridine rings is 1. The molecule has 8 heteroatoms. The van der Waals surface area contributed by atoms with E-state index in [4.69, 9.17) is 28.5 Å². The van der Waals surface area contributed by atoms with Gasteiger partial charge < -0.3 is 4.74 Å². The van der Waals surface area contributed by atoms with Gasteiger partial charge in [-0.3, -0.25) is 0 Å². The van der Waals surface area contributed by atoms with Gasteiger partial charge >= 0.3 is 6.36 Å². The zero-order valence-corrected chi connectivity index (χ0v) is 11.6. The Labute approximate surface area is 127 Å². The third-order valence-corrected chi connectivity index (χ3v) is 2.90. The predicted octanol–water partition coefficient (Wildman–Crippen LogP) is 4.83. The molecule has 0 spiro atoms. The van der Waals surface area contributed by atoms with Crippen molar-refractivity contribution in [2.24, 2.45) is 0 Å². The van der Waals surface area contributed by atoms with Crippen LogP contribution in [0.2, 0.25) is 10.3 Å². The monoisotopic (exact) mass is 332 g/mol. The Hall–Kier alpha value is -1.97. The molecule has 3 nitrogen and oxygen atoms in total. The summed E-state index contributed by atoms with van der Waals surface area (Å²) in [5.74, 6) is -0.409. The number of ether oxygens (including phenoxy) is 1. The smallest absolute Gasteiger partial charge is 0.406 e. The summed E-state index contributed by atoms with van der Waals surface area (Å²) in [6.45, 7) is 0. The third-order valence-electron chi connectivity index (χ3n) is 2.43. The van der Waals surface area contributed by atoms with Crippen molar-refractivity contribution in [3.63, 3.8) is 0 Å². The molecular formula is C13H5Cl2F3N2O. The molecule has 108 valence electrons. The number of rotatable bonds is 2. The second kappa shape index (κ2) is 5.80. The average Bonchev–Trinajstić information content (AvgIpc) is 2.36. The van der Waals surface area contributed by atoms with Gasteiger partial charge in [0, 0.05) is 5.56 Å². The van der Waals surface area contributed by atoms with Crippen molar-refractivity contribution < 1.29 is 17.9 Å². The fourth-order valence-electron chi connectivity index (χ4n) is 1.68. The van der Waals surface area contributed by atoms with E-state index in [9.17, 15) is 13.2 Å². The molecule has 0 N–H and O–H groups in total. The van der Waals surface area contributed by atoms with Crippen LogP contribution in [0.25, 0.3) is 11.1 Å². The largest absolute Gasteiger partial charge is 0.573 e. The molecule has 1 heterocycles. The summed E-state index contributed by atoms with van der Waals surface area (Å²) in [6.07, 6.45) is -4.80. The highest BCUT2D eigenvalue weighted by molar-refractivity contribution is 6.33. The summed E-state index contributed by atoms with van der Waals surface area (Å²) < 4.78 is 40.5. The number of aromatic nitrogens is 1. The van der Waals surface area contributed by atoms with Crippen LogP contribution in [0.5, 0.6) is 5.75 Å². The predicted molar refractivity (Wildman–Crippen MR) is 71.1 cm³/mol. The Morgan fingerprint density at radius 2 is 1.90 bits per heavy atom. The molecule has 0 saturated carbocycles. The van der Waals surface area contributed by atoms with Gasteiger partial charge in [0.2, 0.25) is 0 Å². The number of alkyl halides is 3. The van der Waals surface area contributed by atoms with Crippen LogP contribution in [0.3, 0.4) is 0 Å². The van der Waals surface area contributed by atoms with Crippen molar-refractivity contribution in [2.75, 3.05) is 0 Å². The molecule has 1 aromatic heterocycles. The lowest BCUT2D eigenvalue weighted by atomic mass is 10.0. The number of hydrogen-bond donors (Lipinski definition) is 0. The fraction of sp³-hybridized carbons (Fsp3) is 0.0769. The number of halogens is 5. The first-order valence-electron chi connectivity index (χ1n) is 5.42. The molecule has 0 aliphatic rings. The van der Waals surface area contributed by atoms with Crippen LogP contribution in [0.15, 0.2) is 30.3 Å². The van der Waals surface area contributed by atoms with Gasteiger partial charge in [-0.25, -0.2) is 4.98 Å². The molecule has 0 unspecified atom stereocenters. The van der Waals surface area contributed by atoms with Crippen molar-refractivity contribution in [1.29, 1.82) is 5.26 Å². The van der Waals surface area contributed by atoms with Gasteiger partial charge in [-0.2, -0.15) is 5.26 Å². The van der Waals surface area contributed by atoms with Gasteiger partial charge in [0.25, 0.3) is 0 Å². The van der Waals surface area contributed by atoms with Gasteiger partial charge in [-0.15, -0.1) is 13.2 Å². The van der Waals surface area contributed by atoms with E-state index in [1.165, 1.54) is 18.2 Å². The zero-order valence-electron chi connectivity index (χ0n) is 10.1. The Bertz CT molecular complexity index is 726. The van der Waals surface area contributed by atoms with E-state index in [0.717, 1.165) is 12.1 Å². The third kappa shape index (κ3) is 3.78. The summed E-state index contributed by atoms with van der Waals surface area (Å²) in [6, 6.07) is 8.34. The van der Waals surface area contributed by atoms with Crippen LogP contribution in [0, 0.1) is 11.3 Å². The van der Waals surface area contributed by atoms with Crippen molar-refractivity contribution >= 4 is 23.2 Å². The first-order valence-corrected chi connectivity index (χ1v) is 6.18. The molecule has 0 aliphatic heterocycles. The molecule has 0 fully saturated rings. The Morgan fingerprint density at radius 1 is 1.19 bits per heavy atom. The highest BCUT2D eigenvalue weighted by Crippen LogP contribution is 2.33. The second-order valence-corrected chi connectivity index (χ2v) is 4.59. The quantitative estimate of drug-likeness (QED) is 0.740. The van der Waals surface area contributed by atoms with Crippen molar-refractivity contribution in [2.45, 2.75) is 6.36 Å². The molecule has 0 amide bonds. The molecule has 21 heavy (non-hydrogen) atoms. The van der Waals surface area contributed by atoms with Gasteiger partial charge in [-0.1, -0.05) is 35.3 Å². The van der Waals surface area contributed by atoms with E-state index in [1.807, 2.05) is 6.07 Å². The summed E-state index contributed by atoms with van der Waals surface area (Å²) in [4.78, 5) is 3.71. The van der Waals surface area contributed by atoms with Gasteiger partial charge in [0.15, 0.2) is 0 Å². The van der Waals surface area contributed by atoms with Crippen LogP contribution < -0.4 is 4.74 Å². The highest BCUT2D eigenvalue weighted by atomic mass is 35.5. The van der Waals surface area contributed by atoms with Crippen molar-refractivity contribution in [1.82, 2.24) is 4.98 Å². The topological polar surface area (TPSA) is 45.9 Å². The highest BCUT2D eigenvalue weighted by Gasteiger charge is 2.31. The summed E-state index contributed by atoms with van der Waals surface area (Å²) in [5, 5.41) is 8.98. The minimum Gasteiger partial charge on any atom is -0.406 e. The first-order chi connectivity index (χ1) is 9.80. The van der Waals surface area contributed by atoms with E-state index < -0.39 is 12.1 Å². The summed E-state index contributed by atoms with van der Waals surface area (Å²) >= 11 is 11.6. The average molecular weight is 333 g/mol. The van der Waals surface area contributed by atoms with Crippen molar-refractivity contribution in [3.8, 4) is 22.9 Å². The molecular weight excluding hydrogens is 328 g/mol. The summed E-state index contributed by atoms with van der Waals surface area (Å²) in [5.41, 5.74) is 0.597. The van der Waals surface area contributed by atoms with Gasteiger partial charge in [-0.05, 0) is 23.8 Å². The van der Waals surface area contributed by atoms with Crippen LogP contribution >= 0.6 is 23.2 Å². The lowest BCUT2D eigenvalue weighted by molar-refractivity contribution is -0.274. The van der Waals surface area contributed by atoms with Crippen molar-refractivity contribution in [3.05, 3.63) is 46.2 Å². The lowest BCUT2D eigenvalue weighted by Crippen LogP contribution is -2.17. The molecule has 1 aromatic carbocycles. The number of nitrogens with zero attached hydrogens (tertiary/aromatic N) is 2. The number of nitriles is 1. The fourth-order valence-corrected chi connectivity index (χ4v) is 2.15. The van der Waals surface area contributed by atoms with Crippen LogP contribution in [-0.4, -0.2) is 11.3 Å². The van der Waals surface area contributed by atoms with Crippen LogP contribution in [0.1, 0.15) is 5.56 Å². The Kier molecular flexibility index (Phi) is 4.26. The second-order valence-electron chi connectivity index (χ2n) is 3.85. The maximum atomic E-state index is 12.2. The van der Waals surface area contributed by atoms with Crippen LogP contribution in [-0.2, 0) is 0 Å². The molecule has 0 radical (unpaired) electrons. The summed E-state index contributed by atoms with van der Waals surface area (Å²) in [7, 11) is 0. The first kappa shape index (κ1) is 15.4. The minimum absolute atomic E-state index is 0.0187. The normalized spacial score (nSPS) is 11.0. The Balaban J connectivity index is 2.53. The van der Waals surface area contributed by atoms with E-state index in [-0.39, 0.29) is 21.4 Å². The molecule has 2 aromatic rings. The van der Waals surface area contributed by atoms with E-state index in [1.54, 1.807) is 0 Å². The minimum atomic E-state index is -4.80. The SMILES string of the molecule is N#Cc1c(-c2cccc(OC(F)(F)F)c2)cc(Cl)nc1Cl. The van der Waals surface area contributed by atoms with Gasteiger partial charge in [0.1, 0.15) is 22.1 Å². The van der Waals surface area contributed by atoms with E-state index in [2.05, 4.69) is 9.72 Å². The lowest BCUT2D eigenvalue weighted by Gasteiger charge is -2.11. The number of benzene rings is 1. The van der Waals surface area contributed by atoms with E-state index >= 15 is 0 Å².